The third-order valence-electron chi connectivity index (χ3n) is 5.98. The van der Waals surface area contributed by atoms with E-state index in [0.29, 0.717) is 21.2 Å². The number of carbonyl (C=O) groups excluding carboxylic acids is 1. The minimum Gasteiger partial charge on any atom is -0.422 e. The van der Waals surface area contributed by atoms with E-state index in [-0.39, 0.29) is 10.7 Å². The molecule has 6 aromatic rings. The fourth-order valence-electron chi connectivity index (χ4n) is 4.08. The Bertz CT molecular complexity index is 1910. The summed E-state index contributed by atoms with van der Waals surface area (Å²) in [4.78, 5) is 31.2. The van der Waals surface area contributed by atoms with Crippen LogP contribution >= 0.6 is 11.3 Å². The van der Waals surface area contributed by atoms with E-state index < -0.39 is 17.3 Å². The normalized spacial score (nSPS) is 11.6. The number of carbonyl (C=O) groups is 1. The molecule has 2 aromatic heterocycles. The number of thiazole rings is 1. The maximum Gasteiger partial charge on any atom is 0.349 e. The summed E-state index contributed by atoms with van der Waals surface area (Å²) in [5.41, 5.74) is 1.77. The second kappa shape index (κ2) is 9.07. The Balaban J connectivity index is 1.50. The van der Waals surface area contributed by atoms with Crippen molar-refractivity contribution in [3.63, 3.8) is 0 Å². The fourth-order valence-corrected chi connectivity index (χ4v) is 5.02. The summed E-state index contributed by atoms with van der Waals surface area (Å²) in [6.07, 6.45) is 1.52. The number of hydrogen-bond acceptors (Lipinski definition) is 6. The molecule has 2 heterocycles. The molecule has 6 nitrogen and oxygen atoms in total. The minimum absolute atomic E-state index is 0.185. The van der Waals surface area contributed by atoms with E-state index in [4.69, 9.17) is 4.42 Å². The van der Waals surface area contributed by atoms with Crippen molar-refractivity contribution in [3.05, 3.63) is 118 Å². The van der Waals surface area contributed by atoms with Gasteiger partial charge in [0.1, 0.15) is 17.0 Å². The lowest BCUT2D eigenvalue weighted by atomic mass is 10.0. The van der Waals surface area contributed by atoms with Crippen LogP contribution in [0.2, 0.25) is 0 Å². The third kappa shape index (κ3) is 4.28. The van der Waals surface area contributed by atoms with E-state index in [9.17, 15) is 14.0 Å². The van der Waals surface area contributed by atoms with Gasteiger partial charge >= 0.3 is 5.63 Å². The van der Waals surface area contributed by atoms with Gasteiger partial charge in [-0.05, 0) is 53.6 Å². The monoisotopic (exact) mass is 507 g/mol. The van der Waals surface area contributed by atoms with Gasteiger partial charge in [-0.15, -0.1) is 0 Å². The lowest BCUT2D eigenvalue weighted by Crippen LogP contribution is -2.30. The number of anilines is 1. The van der Waals surface area contributed by atoms with Crippen molar-refractivity contribution in [2.45, 2.75) is 6.92 Å². The van der Waals surface area contributed by atoms with E-state index in [1.54, 1.807) is 6.07 Å². The topological polar surface area (TPSA) is 75.8 Å². The zero-order valence-electron chi connectivity index (χ0n) is 19.5. The molecule has 0 fully saturated rings. The average molecular weight is 508 g/mol. The zero-order chi connectivity index (χ0) is 25.5. The highest BCUT2D eigenvalue weighted by molar-refractivity contribution is 7.22. The Kier molecular flexibility index (Phi) is 5.58. The first-order valence-electron chi connectivity index (χ1n) is 11.4. The molecule has 37 heavy (non-hydrogen) atoms. The van der Waals surface area contributed by atoms with Crippen molar-refractivity contribution in [1.82, 2.24) is 4.98 Å². The van der Waals surface area contributed by atoms with Gasteiger partial charge in [0.15, 0.2) is 0 Å². The number of hydrazone groups is 1. The van der Waals surface area contributed by atoms with Crippen LogP contribution in [0.1, 0.15) is 21.5 Å². The van der Waals surface area contributed by atoms with Gasteiger partial charge in [0.2, 0.25) is 5.13 Å². The van der Waals surface area contributed by atoms with Crippen molar-refractivity contribution >= 4 is 60.5 Å². The van der Waals surface area contributed by atoms with Gasteiger partial charge in [0.25, 0.3) is 5.91 Å². The standard InChI is InChI=1S/C29H18FN3O3S/c1-17-6-8-18(9-7-17)16-31-33(29-32-24-12-11-20(30)14-26(24)37-29)27(34)23-15-22-21-5-3-2-4-19(21)10-13-25(22)36-28(23)35/h2-16H,1H3/b31-16+. The van der Waals surface area contributed by atoms with Crippen LogP contribution in [0.5, 0.6) is 0 Å². The van der Waals surface area contributed by atoms with Crippen LogP contribution in [0.15, 0.2) is 99.2 Å². The molecule has 0 aliphatic heterocycles. The Morgan fingerprint density at radius 1 is 1.00 bits per heavy atom. The van der Waals surface area contributed by atoms with Gasteiger partial charge in [-0.25, -0.2) is 14.2 Å². The van der Waals surface area contributed by atoms with Crippen LogP contribution in [-0.2, 0) is 0 Å². The molecule has 0 unspecified atom stereocenters. The molecule has 0 saturated heterocycles. The minimum atomic E-state index is -0.782. The summed E-state index contributed by atoms with van der Waals surface area (Å²) in [6, 6.07) is 24.5. The lowest BCUT2D eigenvalue weighted by molar-refractivity contribution is 0.0984. The molecule has 6 rings (SSSR count). The van der Waals surface area contributed by atoms with Gasteiger partial charge in [0.05, 0.1) is 16.4 Å². The Morgan fingerprint density at radius 3 is 2.65 bits per heavy atom. The number of rotatable bonds is 4. The molecular weight excluding hydrogens is 489 g/mol. The molecule has 0 aliphatic rings. The summed E-state index contributed by atoms with van der Waals surface area (Å²) in [6.45, 7) is 1.97. The number of nitrogens with zero attached hydrogens (tertiary/aromatic N) is 3. The predicted octanol–water partition coefficient (Wildman–Crippen LogP) is 6.68. The van der Waals surface area contributed by atoms with E-state index >= 15 is 0 Å². The molecule has 0 atom stereocenters. The van der Waals surface area contributed by atoms with Crippen LogP contribution < -0.4 is 10.6 Å². The smallest absolute Gasteiger partial charge is 0.349 e. The Labute approximate surface area is 213 Å². The van der Waals surface area contributed by atoms with Gasteiger partial charge in [-0.1, -0.05) is 71.5 Å². The number of hydrogen-bond donors (Lipinski definition) is 0. The van der Waals surface area contributed by atoms with Crippen molar-refractivity contribution in [2.75, 3.05) is 5.01 Å². The van der Waals surface area contributed by atoms with Crippen molar-refractivity contribution in [2.24, 2.45) is 5.10 Å². The number of aryl methyl sites for hydroxylation is 1. The quantitative estimate of drug-likeness (QED) is 0.115. The second-order valence-electron chi connectivity index (χ2n) is 8.53. The van der Waals surface area contributed by atoms with Crippen molar-refractivity contribution < 1.29 is 13.6 Å². The largest absolute Gasteiger partial charge is 0.422 e. The van der Waals surface area contributed by atoms with Crippen molar-refractivity contribution in [1.29, 1.82) is 0 Å². The predicted molar refractivity (Wildman–Crippen MR) is 145 cm³/mol. The molecule has 0 N–H and O–H groups in total. The zero-order valence-corrected chi connectivity index (χ0v) is 20.3. The number of halogens is 1. The molecule has 0 spiro atoms. The van der Waals surface area contributed by atoms with Gasteiger partial charge in [-0.3, -0.25) is 4.79 Å². The Morgan fingerprint density at radius 2 is 1.81 bits per heavy atom. The third-order valence-corrected chi connectivity index (χ3v) is 6.98. The molecule has 8 heteroatoms. The summed E-state index contributed by atoms with van der Waals surface area (Å²) in [7, 11) is 0. The van der Waals surface area contributed by atoms with E-state index in [0.717, 1.165) is 38.2 Å². The van der Waals surface area contributed by atoms with E-state index in [2.05, 4.69) is 10.1 Å². The molecule has 0 radical (unpaired) electrons. The van der Waals surface area contributed by atoms with Crippen LogP contribution in [-0.4, -0.2) is 17.1 Å². The maximum atomic E-state index is 13.8. The summed E-state index contributed by atoms with van der Waals surface area (Å²) >= 11 is 1.10. The molecule has 180 valence electrons. The van der Waals surface area contributed by atoms with Crippen LogP contribution in [0.4, 0.5) is 9.52 Å². The maximum absolute atomic E-state index is 13.8. The summed E-state index contributed by atoms with van der Waals surface area (Å²) in [5, 5.41) is 8.10. The molecule has 0 aliphatic carbocycles. The second-order valence-corrected chi connectivity index (χ2v) is 9.54. The number of aromatic nitrogens is 1. The first-order valence-corrected chi connectivity index (χ1v) is 12.2. The first kappa shape index (κ1) is 22.8. The van der Waals surface area contributed by atoms with Gasteiger partial charge < -0.3 is 4.42 Å². The van der Waals surface area contributed by atoms with Gasteiger partial charge in [0, 0.05) is 5.39 Å². The highest BCUT2D eigenvalue weighted by atomic mass is 32.1. The first-order chi connectivity index (χ1) is 18.0. The van der Waals surface area contributed by atoms with Crippen LogP contribution in [0.25, 0.3) is 32.0 Å². The molecule has 1 amide bonds. The molecule has 0 bridgehead atoms. The van der Waals surface area contributed by atoms with Crippen LogP contribution in [0.3, 0.4) is 0 Å². The highest BCUT2D eigenvalue weighted by Gasteiger charge is 2.25. The highest BCUT2D eigenvalue weighted by Crippen LogP contribution is 2.31. The molecular formula is C29H18FN3O3S. The number of amides is 1. The summed E-state index contributed by atoms with van der Waals surface area (Å²) in [5.74, 6) is -1.11. The summed E-state index contributed by atoms with van der Waals surface area (Å²) < 4.78 is 19.9. The number of fused-ring (bicyclic) bond motifs is 4. The Hall–Kier alpha value is -4.69. The van der Waals surface area contributed by atoms with E-state index in [1.807, 2.05) is 61.5 Å². The van der Waals surface area contributed by atoms with Crippen molar-refractivity contribution in [3.8, 4) is 0 Å². The fraction of sp³-hybridized carbons (Fsp3) is 0.0345. The number of benzene rings is 4. The average Bonchev–Trinajstić information content (AvgIpc) is 3.32. The molecule has 4 aromatic carbocycles. The van der Waals surface area contributed by atoms with E-state index in [1.165, 1.54) is 30.5 Å². The lowest BCUT2D eigenvalue weighted by Gasteiger charge is -2.14. The SMILES string of the molecule is Cc1ccc(/C=N/N(C(=O)c2cc3c(ccc4ccccc43)oc2=O)c2nc3ccc(F)cc3s2)cc1. The van der Waals surface area contributed by atoms with Crippen LogP contribution in [0, 0.1) is 12.7 Å². The van der Waals surface area contributed by atoms with Gasteiger partial charge in [-0.2, -0.15) is 10.1 Å². The molecule has 0 saturated carbocycles.